The third-order valence-electron chi connectivity index (χ3n) is 7.30. The van der Waals surface area contributed by atoms with Crippen molar-refractivity contribution in [1.29, 1.82) is 0 Å². The van der Waals surface area contributed by atoms with E-state index in [-0.39, 0.29) is 11.5 Å². The van der Waals surface area contributed by atoms with Gasteiger partial charge in [0.25, 0.3) is 6.43 Å². The van der Waals surface area contributed by atoms with Gasteiger partial charge in [-0.2, -0.15) is 5.10 Å². The minimum atomic E-state index is -2.50. The van der Waals surface area contributed by atoms with E-state index in [0.29, 0.717) is 24.7 Å². The van der Waals surface area contributed by atoms with Crippen LogP contribution in [0.15, 0.2) is 12.1 Å². The number of aryl methyl sites for hydroxylation is 2. The quantitative estimate of drug-likeness (QED) is 0.628. The summed E-state index contributed by atoms with van der Waals surface area (Å²) >= 11 is 0. The SMILES string of the molecule is CC.CC(=O)N1CCc2c(c(N3CCCc4cc(C)c(C(F)F)cc43)nn2C2CCN(C)C2)C1. The molecule has 1 saturated heterocycles. The molecular formula is C26H37F2N5O. The zero-order valence-corrected chi connectivity index (χ0v) is 21.1. The molecule has 1 fully saturated rings. The number of halogens is 2. The van der Waals surface area contributed by atoms with Gasteiger partial charge < -0.3 is 14.7 Å². The molecule has 6 nitrogen and oxygen atoms in total. The summed E-state index contributed by atoms with van der Waals surface area (Å²) in [6.07, 6.45) is 1.15. The Morgan fingerprint density at radius 3 is 2.56 bits per heavy atom. The Kier molecular flexibility index (Phi) is 7.26. The molecule has 1 aromatic carbocycles. The first-order chi connectivity index (χ1) is 16.3. The summed E-state index contributed by atoms with van der Waals surface area (Å²) in [5, 5.41) is 5.11. The van der Waals surface area contributed by atoms with Crippen molar-refractivity contribution in [2.24, 2.45) is 0 Å². The predicted octanol–water partition coefficient (Wildman–Crippen LogP) is 5.02. The molecule has 8 heteroatoms. The number of carbonyl (C=O) groups is 1. The first-order valence-electron chi connectivity index (χ1n) is 12.6. The van der Waals surface area contributed by atoms with Gasteiger partial charge in [-0.05, 0) is 57.0 Å². The van der Waals surface area contributed by atoms with E-state index >= 15 is 0 Å². The van der Waals surface area contributed by atoms with Crippen molar-refractivity contribution < 1.29 is 13.6 Å². The molecule has 0 spiro atoms. The number of alkyl halides is 2. The van der Waals surface area contributed by atoms with Gasteiger partial charge in [-0.25, -0.2) is 8.78 Å². The molecule has 0 saturated carbocycles. The van der Waals surface area contributed by atoms with Gasteiger partial charge in [0.15, 0.2) is 5.82 Å². The summed E-state index contributed by atoms with van der Waals surface area (Å²) in [5.41, 5.74) is 4.95. The Labute approximate surface area is 201 Å². The van der Waals surface area contributed by atoms with Crippen LogP contribution in [0.4, 0.5) is 20.3 Å². The van der Waals surface area contributed by atoms with Crippen LogP contribution in [0.25, 0.3) is 0 Å². The van der Waals surface area contributed by atoms with E-state index in [1.165, 1.54) is 5.69 Å². The lowest BCUT2D eigenvalue weighted by atomic mass is 9.95. The van der Waals surface area contributed by atoms with Crippen LogP contribution in [-0.2, 0) is 24.2 Å². The topological polar surface area (TPSA) is 44.6 Å². The molecule has 0 radical (unpaired) electrons. The molecule has 0 bridgehead atoms. The van der Waals surface area contributed by atoms with E-state index in [4.69, 9.17) is 5.10 Å². The highest BCUT2D eigenvalue weighted by molar-refractivity contribution is 5.75. The van der Waals surface area contributed by atoms with Crippen molar-refractivity contribution in [3.05, 3.63) is 40.1 Å². The van der Waals surface area contributed by atoms with E-state index in [2.05, 4.69) is 21.5 Å². The summed E-state index contributed by atoms with van der Waals surface area (Å²) < 4.78 is 29.6. The lowest BCUT2D eigenvalue weighted by Gasteiger charge is -2.33. The number of rotatable bonds is 3. The molecule has 5 rings (SSSR count). The van der Waals surface area contributed by atoms with Crippen LogP contribution in [0, 0.1) is 6.92 Å². The van der Waals surface area contributed by atoms with Gasteiger partial charge in [-0.1, -0.05) is 19.9 Å². The van der Waals surface area contributed by atoms with Gasteiger partial charge in [0.1, 0.15) is 0 Å². The maximum Gasteiger partial charge on any atom is 0.264 e. The van der Waals surface area contributed by atoms with E-state index in [1.807, 2.05) is 24.8 Å². The Bertz CT molecular complexity index is 1050. The fourth-order valence-corrected chi connectivity index (χ4v) is 5.55. The van der Waals surface area contributed by atoms with Crippen LogP contribution in [0.5, 0.6) is 0 Å². The van der Waals surface area contributed by atoms with Crippen molar-refractivity contribution in [1.82, 2.24) is 19.6 Å². The molecule has 0 N–H and O–H groups in total. The van der Waals surface area contributed by atoms with E-state index in [0.717, 1.165) is 67.9 Å². The Morgan fingerprint density at radius 1 is 1.15 bits per heavy atom. The Balaban J connectivity index is 0.00000133. The average molecular weight is 474 g/mol. The van der Waals surface area contributed by atoms with Gasteiger partial charge in [0.2, 0.25) is 5.91 Å². The first-order valence-corrected chi connectivity index (χ1v) is 12.6. The lowest BCUT2D eigenvalue weighted by Crippen LogP contribution is -2.36. The largest absolute Gasteiger partial charge is 0.338 e. The monoisotopic (exact) mass is 473 g/mol. The van der Waals surface area contributed by atoms with Crippen LogP contribution >= 0.6 is 0 Å². The maximum absolute atomic E-state index is 13.7. The normalized spacial score (nSPS) is 20.2. The highest BCUT2D eigenvalue weighted by atomic mass is 19.3. The number of hydrogen-bond acceptors (Lipinski definition) is 4. The van der Waals surface area contributed by atoms with Crippen molar-refractivity contribution in [3.63, 3.8) is 0 Å². The van der Waals surface area contributed by atoms with Gasteiger partial charge in [0.05, 0.1) is 12.6 Å². The molecule has 1 atom stereocenters. The van der Waals surface area contributed by atoms with Gasteiger partial charge >= 0.3 is 0 Å². The molecule has 186 valence electrons. The number of nitrogens with zero attached hydrogens (tertiary/aromatic N) is 5. The molecule has 2 aromatic rings. The smallest absolute Gasteiger partial charge is 0.264 e. The summed E-state index contributed by atoms with van der Waals surface area (Å²) in [4.78, 5) is 18.5. The zero-order valence-electron chi connectivity index (χ0n) is 21.1. The maximum atomic E-state index is 13.7. The van der Waals surface area contributed by atoms with Crippen LogP contribution < -0.4 is 4.90 Å². The van der Waals surface area contributed by atoms with Crippen molar-refractivity contribution in [2.45, 2.75) is 72.4 Å². The van der Waals surface area contributed by atoms with Crippen molar-refractivity contribution in [2.75, 3.05) is 38.1 Å². The molecule has 3 aliphatic rings. The molecule has 34 heavy (non-hydrogen) atoms. The molecule has 3 aliphatic heterocycles. The number of fused-ring (bicyclic) bond motifs is 2. The van der Waals surface area contributed by atoms with Crippen molar-refractivity contribution >= 4 is 17.4 Å². The number of benzene rings is 1. The van der Waals surface area contributed by atoms with Crippen LogP contribution in [0.2, 0.25) is 0 Å². The number of carbonyl (C=O) groups excluding carboxylic acids is 1. The zero-order chi connectivity index (χ0) is 24.6. The van der Waals surface area contributed by atoms with Crippen molar-refractivity contribution in [3.8, 4) is 0 Å². The second-order valence-corrected chi connectivity index (χ2v) is 9.48. The number of amides is 1. The van der Waals surface area contributed by atoms with Gasteiger partial charge in [-0.15, -0.1) is 0 Å². The van der Waals surface area contributed by atoms with Crippen LogP contribution in [-0.4, -0.2) is 58.7 Å². The summed E-state index contributed by atoms with van der Waals surface area (Å²) in [7, 11) is 2.13. The number of likely N-dealkylation sites (tertiary alicyclic amines) is 1. The summed E-state index contributed by atoms with van der Waals surface area (Å²) in [6.45, 7) is 11.3. The molecule has 1 amide bonds. The van der Waals surface area contributed by atoms with E-state index in [1.54, 1.807) is 19.9 Å². The Hall–Kier alpha value is -2.48. The van der Waals surface area contributed by atoms with E-state index in [9.17, 15) is 13.6 Å². The Morgan fingerprint density at radius 2 is 1.91 bits per heavy atom. The minimum absolute atomic E-state index is 0.0598. The summed E-state index contributed by atoms with van der Waals surface area (Å²) in [5.74, 6) is 0.898. The first kappa shape index (κ1) is 24.6. The lowest BCUT2D eigenvalue weighted by molar-refractivity contribution is -0.129. The molecule has 4 heterocycles. The molecule has 0 aliphatic carbocycles. The highest BCUT2D eigenvalue weighted by Crippen LogP contribution is 2.41. The molecular weight excluding hydrogens is 436 g/mol. The molecule has 1 aromatic heterocycles. The van der Waals surface area contributed by atoms with Gasteiger partial charge in [-0.3, -0.25) is 9.48 Å². The third-order valence-corrected chi connectivity index (χ3v) is 7.30. The van der Waals surface area contributed by atoms with E-state index < -0.39 is 6.43 Å². The second kappa shape index (κ2) is 10.0. The number of anilines is 2. The number of hydrogen-bond donors (Lipinski definition) is 0. The third kappa shape index (κ3) is 4.44. The van der Waals surface area contributed by atoms with Gasteiger partial charge in [0, 0.05) is 55.5 Å². The number of likely N-dealkylation sites (N-methyl/N-ethyl adjacent to an activating group) is 1. The highest BCUT2D eigenvalue weighted by Gasteiger charge is 2.34. The predicted molar refractivity (Wildman–Crippen MR) is 131 cm³/mol. The fourth-order valence-electron chi connectivity index (χ4n) is 5.55. The molecule has 1 unspecified atom stereocenters. The van der Waals surface area contributed by atoms with Crippen LogP contribution in [0.1, 0.15) is 74.0 Å². The number of aromatic nitrogens is 2. The fraction of sp³-hybridized carbons (Fsp3) is 0.615. The van der Waals surface area contributed by atoms with Crippen LogP contribution in [0.3, 0.4) is 0 Å². The standard InChI is InChI=1S/C24H31F2N5O.C2H6/c1-15-11-17-5-4-8-30(22(17)12-19(15)23(25)26)24-20-14-29(16(2)32)10-7-21(20)31(27-24)18-6-9-28(3)13-18;1-2/h11-12,18,23H,4-10,13-14H2,1-3H3;1-2H3. The second-order valence-electron chi connectivity index (χ2n) is 9.48. The average Bonchev–Trinajstić information content (AvgIpc) is 3.42. The summed E-state index contributed by atoms with van der Waals surface area (Å²) in [6, 6.07) is 3.89. The minimum Gasteiger partial charge on any atom is -0.338 e.